The van der Waals surface area contributed by atoms with Gasteiger partial charge in [-0.25, -0.2) is 4.39 Å². The zero-order valence-corrected chi connectivity index (χ0v) is 9.71. The molecular weight excluding hydrogens is 274 g/mol. The van der Waals surface area contributed by atoms with E-state index in [0.29, 0.717) is 12.1 Å². The largest absolute Gasteiger partial charge is 0.305 e. The number of amides is 1. The Bertz CT molecular complexity index is 679. The molecule has 1 aromatic heterocycles. The molecule has 1 N–H and O–H groups in total. The van der Waals surface area contributed by atoms with E-state index in [-0.39, 0.29) is 5.82 Å². The predicted molar refractivity (Wildman–Crippen MR) is 63.0 cm³/mol. The van der Waals surface area contributed by atoms with E-state index in [2.05, 4.69) is 15.5 Å². The predicted octanol–water partition coefficient (Wildman–Crippen LogP) is 1.92. The van der Waals surface area contributed by atoms with Gasteiger partial charge in [0, 0.05) is 12.3 Å². The number of nitrogens with zero attached hydrogens (tertiary/aromatic N) is 3. The molecule has 1 aromatic carbocycles. The first-order valence-electron chi connectivity index (χ1n) is 5.22. The molecule has 2 aromatic rings. The van der Waals surface area contributed by atoms with Crippen molar-refractivity contribution in [3.63, 3.8) is 0 Å². The van der Waals surface area contributed by atoms with Gasteiger partial charge in [-0.2, -0.15) is 9.49 Å². The van der Waals surface area contributed by atoms with Gasteiger partial charge >= 0.3 is 5.69 Å². The molecule has 1 amide bonds. The summed E-state index contributed by atoms with van der Waals surface area (Å²) in [5, 5.41) is 19.6. The number of aromatic nitrogens is 2. The molecule has 0 fully saturated rings. The van der Waals surface area contributed by atoms with Crippen molar-refractivity contribution < 1.29 is 18.5 Å². The van der Waals surface area contributed by atoms with Gasteiger partial charge in [0.1, 0.15) is 11.4 Å². The fraction of sp³-hybridized carbons (Fsp3) is 0. The van der Waals surface area contributed by atoms with Gasteiger partial charge in [0.05, 0.1) is 4.92 Å². The van der Waals surface area contributed by atoms with Crippen molar-refractivity contribution in [2.75, 3.05) is 5.32 Å². The molecule has 0 radical (unpaired) electrons. The number of anilines is 1. The standard InChI is InChI=1S/C11H6F2N4O3/c12-6-3-4-7(17(19)20)10(13)9(6)11(18)15-8-2-1-5-14-16-8/h1-5H,(H,15,16,18). The normalized spacial score (nSPS) is 10.1. The minimum Gasteiger partial charge on any atom is -0.305 e. The number of halogens is 2. The number of benzene rings is 1. The van der Waals surface area contributed by atoms with Crippen molar-refractivity contribution in [3.05, 3.63) is 57.8 Å². The number of carbonyl (C=O) groups is 1. The topological polar surface area (TPSA) is 98.0 Å². The molecule has 102 valence electrons. The minimum atomic E-state index is -1.55. The Balaban J connectivity index is 2.39. The Morgan fingerprint density at radius 2 is 2.05 bits per heavy atom. The Labute approximate surface area is 110 Å². The van der Waals surface area contributed by atoms with Crippen molar-refractivity contribution in [3.8, 4) is 0 Å². The van der Waals surface area contributed by atoms with Crippen molar-refractivity contribution in [1.29, 1.82) is 0 Å². The van der Waals surface area contributed by atoms with Crippen molar-refractivity contribution >= 4 is 17.4 Å². The zero-order valence-electron chi connectivity index (χ0n) is 9.71. The molecule has 1 heterocycles. The highest BCUT2D eigenvalue weighted by Crippen LogP contribution is 2.23. The number of carbonyl (C=O) groups excluding carboxylic acids is 1. The van der Waals surface area contributed by atoms with Crippen LogP contribution in [0.15, 0.2) is 30.5 Å². The minimum absolute atomic E-state index is 0.0391. The van der Waals surface area contributed by atoms with E-state index in [9.17, 15) is 23.7 Å². The number of rotatable bonds is 3. The van der Waals surface area contributed by atoms with Gasteiger partial charge in [-0.05, 0) is 18.2 Å². The van der Waals surface area contributed by atoms with E-state index < -0.39 is 33.7 Å². The summed E-state index contributed by atoms with van der Waals surface area (Å²) in [7, 11) is 0. The van der Waals surface area contributed by atoms with E-state index in [4.69, 9.17) is 0 Å². The lowest BCUT2D eigenvalue weighted by Crippen LogP contribution is -2.17. The van der Waals surface area contributed by atoms with E-state index >= 15 is 0 Å². The van der Waals surface area contributed by atoms with Crippen LogP contribution in [0.25, 0.3) is 0 Å². The van der Waals surface area contributed by atoms with Crippen LogP contribution in [0.5, 0.6) is 0 Å². The van der Waals surface area contributed by atoms with Crippen molar-refractivity contribution in [2.45, 2.75) is 0 Å². The molecule has 0 aliphatic heterocycles. The summed E-state index contributed by atoms with van der Waals surface area (Å²) in [4.78, 5) is 21.3. The second-order valence-corrected chi connectivity index (χ2v) is 3.58. The van der Waals surface area contributed by atoms with Crippen LogP contribution < -0.4 is 5.32 Å². The van der Waals surface area contributed by atoms with Crippen LogP contribution in [0, 0.1) is 21.7 Å². The lowest BCUT2D eigenvalue weighted by atomic mass is 10.1. The third kappa shape index (κ3) is 2.55. The summed E-state index contributed by atoms with van der Waals surface area (Å²) in [6, 6.07) is 4.08. The first-order chi connectivity index (χ1) is 9.50. The highest BCUT2D eigenvalue weighted by atomic mass is 19.1. The van der Waals surface area contributed by atoms with Gasteiger partial charge in [0.2, 0.25) is 5.82 Å². The van der Waals surface area contributed by atoms with Crippen molar-refractivity contribution in [1.82, 2.24) is 10.2 Å². The summed E-state index contributed by atoms with van der Waals surface area (Å²) in [5.74, 6) is -3.99. The van der Waals surface area contributed by atoms with Gasteiger partial charge in [-0.15, -0.1) is 5.10 Å². The second kappa shape index (κ2) is 5.34. The molecule has 20 heavy (non-hydrogen) atoms. The third-order valence-electron chi connectivity index (χ3n) is 2.31. The van der Waals surface area contributed by atoms with Crippen LogP contribution in [0.3, 0.4) is 0 Å². The molecule has 0 saturated carbocycles. The maximum absolute atomic E-state index is 13.8. The maximum Gasteiger partial charge on any atom is 0.305 e. The number of hydrogen-bond acceptors (Lipinski definition) is 5. The first kappa shape index (κ1) is 13.5. The maximum atomic E-state index is 13.8. The molecule has 9 heteroatoms. The van der Waals surface area contributed by atoms with Gasteiger partial charge < -0.3 is 5.32 Å². The summed E-state index contributed by atoms with van der Waals surface area (Å²) in [5.41, 5.74) is -2.04. The fourth-order valence-electron chi connectivity index (χ4n) is 1.44. The number of hydrogen-bond donors (Lipinski definition) is 1. The quantitative estimate of drug-likeness (QED) is 0.684. The molecule has 7 nitrogen and oxygen atoms in total. The van der Waals surface area contributed by atoms with Crippen molar-refractivity contribution in [2.24, 2.45) is 0 Å². The van der Waals surface area contributed by atoms with Crippen LogP contribution in [0.2, 0.25) is 0 Å². The molecule has 0 aliphatic rings. The monoisotopic (exact) mass is 280 g/mol. The second-order valence-electron chi connectivity index (χ2n) is 3.58. The number of nitro benzene ring substituents is 1. The molecule has 2 rings (SSSR count). The van der Waals surface area contributed by atoms with Crippen LogP contribution in [-0.2, 0) is 0 Å². The van der Waals surface area contributed by atoms with Gasteiger partial charge in [0.15, 0.2) is 5.82 Å². The van der Waals surface area contributed by atoms with E-state index in [1.54, 1.807) is 0 Å². The Morgan fingerprint density at radius 1 is 1.30 bits per heavy atom. The summed E-state index contributed by atoms with van der Waals surface area (Å²) >= 11 is 0. The van der Waals surface area contributed by atoms with Crippen LogP contribution in [0.1, 0.15) is 10.4 Å². The Kier molecular flexibility index (Phi) is 3.60. The molecule has 0 unspecified atom stereocenters. The van der Waals surface area contributed by atoms with Gasteiger partial charge in [0.25, 0.3) is 5.91 Å². The van der Waals surface area contributed by atoms with E-state index in [1.165, 1.54) is 18.3 Å². The lowest BCUT2D eigenvalue weighted by Gasteiger charge is -2.06. The molecular formula is C11H6F2N4O3. The average Bonchev–Trinajstić information content (AvgIpc) is 2.39. The lowest BCUT2D eigenvalue weighted by molar-refractivity contribution is -0.387. The highest BCUT2D eigenvalue weighted by molar-refractivity contribution is 6.04. The summed E-state index contributed by atoms with van der Waals surface area (Å²) < 4.78 is 27.2. The Morgan fingerprint density at radius 3 is 2.65 bits per heavy atom. The number of nitrogens with one attached hydrogen (secondary N) is 1. The van der Waals surface area contributed by atoms with E-state index in [0.717, 1.165) is 0 Å². The SMILES string of the molecule is O=C(Nc1cccnn1)c1c(F)ccc([N+](=O)[O-])c1F. The van der Waals surface area contributed by atoms with Crippen LogP contribution in [-0.4, -0.2) is 21.0 Å². The summed E-state index contributed by atoms with van der Waals surface area (Å²) in [6.45, 7) is 0. The smallest absolute Gasteiger partial charge is 0.305 e. The highest BCUT2D eigenvalue weighted by Gasteiger charge is 2.26. The first-order valence-corrected chi connectivity index (χ1v) is 5.22. The average molecular weight is 280 g/mol. The summed E-state index contributed by atoms with van der Waals surface area (Å²) in [6.07, 6.45) is 1.34. The molecule has 0 bridgehead atoms. The number of nitro groups is 1. The zero-order chi connectivity index (χ0) is 14.7. The van der Waals surface area contributed by atoms with Crippen LogP contribution in [0.4, 0.5) is 20.3 Å². The molecule has 0 spiro atoms. The molecule has 0 saturated heterocycles. The molecule has 0 aliphatic carbocycles. The fourth-order valence-corrected chi connectivity index (χ4v) is 1.44. The van der Waals surface area contributed by atoms with E-state index in [1.807, 2.05) is 0 Å². The Hall–Kier alpha value is -2.97. The van der Waals surface area contributed by atoms with Crippen LogP contribution >= 0.6 is 0 Å². The molecule has 0 atom stereocenters. The van der Waals surface area contributed by atoms with Gasteiger partial charge in [-0.3, -0.25) is 14.9 Å². The van der Waals surface area contributed by atoms with Gasteiger partial charge in [-0.1, -0.05) is 0 Å². The third-order valence-corrected chi connectivity index (χ3v) is 2.31.